The molecule has 186 valence electrons. The first-order chi connectivity index (χ1) is 18.0. The molecule has 1 aliphatic heterocycles. The summed E-state index contributed by atoms with van der Waals surface area (Å²) in [6, 6.07) is 15.3. The van der Waals surface area contributed by atoms with Crippen molar-refractivity contribution in [3.05, 3.63) is 89.1 Å². The minimum Gasteiger partial charge on any atom is -0.493 e. The molecule has 3 aromatic heterocycles. The Morgan fingerprint density at radius 3 is 2.73 bits per heavy atom. The standard InChI is InChI=1S/C26H22FN7O3/c1-15-25-19(17-5-8-20(21(11-17)36-2)37-13-16-3-6-18(27)7-4-16)12-24(35)29-26(25)34(31-15)23-10-9-22-30-28-14-33(22)32-23/h3-11,14,19H,12-13H2,1-2H3,(H,29,35)/t19-/m0/s1. The van der Waals surface area contributed by atoms with Gasteiger partial charge in [-0.1, -0.05) is 18.2 Å². The van der Waals surface area contributed by atoms with Crippen LogP contribution in [0, 0.1) is 12.7 Å². The highest BCUT2D eigenvalue weighted by atomic mass is 19.1. The third-order valence-electron chi connectivity index (χ3n) is 6.36. The van der Waals surface area contributed by atoms with Crippen LogP contribution in [0.25, 0.3) is 11.5 Å². The fraction of sp³-hybridized carbons (Fsp3) is 0.192. The Balaban J connectivity index is 1.34. The number of hydrogen-bond acceptors (Lipinski definition) is 7. The van der Waals surface area contributed by atoms with E-state index in [-0.39, 0.29) is 30.7 Å². The Labute approximate surface area is 210 Å². The van der Waals surface area contributed by atoms with Crippen LogP contribution < -0.4 is 14.8 Å². The van der Waals surface area contributed by atoms with E-state index < -0.39 is 0 Å². The highest BCUT2D eigenvalue weighted by Gasteiger charge is 2.33. The second-order valence-electron chi connectivity index (χ2n) is 8.72. The van der Waals surface area contributed by atoms with Gasteiger partial charge in [0.05, 0.1) is 12.8 Å². The summed E-state index contributed by atoms with van der Waals surface area (Å²) in [6.45, 7) is 2.18. The van der Waals surface area contributed by atoms with E-state index in [9.17, 15) is 9.18 Å². The van der Waals surface area contributed by atoms with Crippen LogP contribution in [0.2, 0.25) is 0 Å². The maximum absolute atomic E-state index is 13.2. The number of anilines is 1. The molecule has 1 N–H and O–H groups in total. The van der Waals surface area contributed by atoms with Crippen LogP contribution >= 0.6 is 0 Å². The number of hydrogen-bond donors (Lipinski definition) is 1. The third-order valence-corrected chi connectivity index (χ3v) is 6.36. The summed E-state index contributed by atoms with van der Waals surface area (Å²) in [6.07, 6.45) is 1.77. The van der Waals surface area contributed by atoms with Crippen LogP contribution in [0.1, 0.15) is 34.7 Å². The number of aryl methyl sites for hydroxylation is 1. The molecule has 0 radical (unpaired) electrons. The van der Waals surface area contributed by atoms with Crippen LogP contribution in [-0.4, -0.2) is 42.6 Å². The lowest BCUT2D eigenvalue weighted by atomic mass is 9.85. The Morgan fingerprint density at radius 2 is 1.92 bits per heavy atom. The van der Waals surface area contributed by atoms with Crippen LogP contribution in [0.15, 0.2) is 60.9 Å². The molecule has 2 aromatic carbocycles. The minimum atomic E-state index is -0.296. The quantitative estimate of drug-likeness (QED) is 0.378. The molecule has 0 unspecified atom stereocenters. The first-order valence-corrected chi connectivity index (χ1v) is 11.6. The highest BCUT2D eigenvalue weighted by molar-refractivity contribution is 5.95. The maximum atomic E-state index is 13.2. The minimum absolute atomic E-state index is 0.125. The molecular weight excluding hydrogens is 477 g/mol. The molecule has 0 bridgehead atoms. The van der Waals surface area contributed by atoms with Crippen molar-refractivity contribution in [1.82, 2.24) is 29.6 Å². The van der Waals surface area contributed by atoms with Crippen molar-refractivity contribution in [3.63, 3.8) is 0 Å². The maximum Gasteiger partial charge on any atom is 0.226 e. The highest BCUT2D eigenvalue weighted by Crippen LogP contribution is 2.42. The van der Waals surface area contributed by atoms with Gasteiger partial charge in [-0.05, 0) is 54.4 Å². The summed E-state index contributed by atoms with van der Waals surface area (Å²) in [7, 11) is 1.57. The van der Waals surface area contributed by atoms with Crippen LogP contribution in [0.4, 0.5) is 10.2 Å². The molecule has 0 saturated heterocycles. The fourth-order valence-corrected chi connectivity index (χ4v) is 4.59. The summed E-state index contributed by atoms with van der Waals surface area (Å²) < 4.78 is 27.9. The molecule has 37 heavy (non-hydrogen) atoms. The third kappa shape index (κ3) is 4.14. The summed E-state index contributed by atoms with van der Waals surface area (Å²) in [5.74, 6) is 1.53. The summed E-state index contributed by atoms with van der Waals surface area (Å²) >= 11 is 0. The molecule has 1 atom stereocenters. The molecule has 1 aliphatic rings. The number of benzene rings is 2. The molecule has 4 heterocycles. The first-order valence-electron chi connectivity index (χ1n) is 11.6. The van der Waals surface area contributed by atoms with E-state index in [1.54, 1.807) is 40.6 Å². The fourth-order valence-electron chi connectivity index (χ4n) is 4.59. The average Bonchev–Trinajstić information content (AvgIpc) is 3.51. The smallest absolute Gasteiger partial charge is 0.226 e. The van der Waals surface area contributed by atoms with Gasteiger partial charge in [-0.25, -0.2) is 4.39 Å². The van der Waals surface area contributed by atoms with Gasteiger partial charge in [-0.2, -0.15) is 14.3 Å². The van der Waals surface area contributed by atoms with Gasteiger partial charge in [-0.15, -0.1) is 15.3 Å². The molecule has 1 amide bonds. The van der Waals surface area contributed by atoms with Crippen molar-refractivity contribution >= 4 is 17.4 Å². The van der Waals surface area contributed by atoms with Gasteiger partial charge in [0.2, 0.25) is 5.91 Å². The van der Waals surface area contributed by atoms with Crippen LogP contribution in [-0.2, 0) is 11.4 Å². The van der Waals surface area contributed by atoms with Gasteiger partial charge in [-0.3, -0.25) is 4.79 Å². The molecule has 11 heteroatoms. The van der Waals surface area contributed by atoms with Crippen LogP contribution in [0.3, 0.4) is 0 Å². The van der Waals surface area contributed by atoms with E-state index in [0.29, 0.717) is 28.8 Å². The van der Waals surface area contributed by atoms with Crippen molar-refractivity contribution in [1.29, 1.82) is 0 Å². The zero-order chi connectivity index (χ0) is 25.5. The Hall–Kier alpha value is -4.80. The predicted octanol–water partition coefficient (Wildman–Crippen LogP) is 3.82. The van der Waals surface area contributed by atoms with E-state index in [0.717, 1.165) is 22.4 Å². The molecule has 0 spiro atoms. The number of aromatic nitrogens is 6. The summed E-state index contributed by atoms with van der Waals surface area (Å²) in [5.41, 5.74) is 4.03. The van der Waals surface area contributed by atoms with Crippen molar-refractivity contribution in [2.24, 2.45) is 0 Å². The molecular formula is C26H22FN7O3. The SMILES string of the molecule is COc1cc([C@@H]2CC(=O)Nc3c2c(C)nn3-c2ccc3nncn3n2)ccc1OCc1ccc(F)cc1. The number of amides is 1. The Morgan fingerprint density at radius 1 is 1.08 bits per heavy atom. The van der Waals surface area contributed by atoms with Gasteiger partial charge in [0, 0.05) is 17.9 Å². The Bertz CT molecular complexity index is 1630. The van der Waals surface area contributed by atoms with E-state index in [1.165, 1.54) is 18.5 Å². The van der Waals surface area contributed by atoms with Gasteiger partial charge >= 0.3 is 0 Å². The zero-order valence-corrected chi connectivity index (χ0v) is 20.1. The van der Waals surface area contributed by atoms with Crippen molar-refractivity contribution < 1.29 is 18.7 Å². The lowest BCUT2D eigenvalue weighted by Crippen LogP contribution is -2.25. The van der Waals surface area contributed by atoms with Crippen molar-refractivity contribution in [3.8, 4) is 17.3 Å². The van der Waals surface area contributed by atoms with Crippen molar-refractivity contribution in [2.45, 2.75) is 25.9 Å². The van der Waals surface area contributed by atoms with E-state index in [2.05, 4.69) is 20.6 Å². The number of nitrogens with one attached hydrogen (secondary N) is 1. The molecule has 0 saturated carbocycles. The van der Waals surface area contributed by atoms with E-state index in [1.807, 2.05) is 25.1 Å². The van der Waals surface area contributed by atoms with Crippen molar-refractivity contribution in [2.75, 3.05) is 12.4 Å². The van der Waals surface area contributed by atoms with Gasteiger partial charge in [0.15, 0.2) is 23.0 Å². The number of methoxy groups -OCH3 is 1. The number of carbonyl (C=O) groups excluding carboxylic acids is 1. The second-order valence-corrected chi connectivity index (χ2v) is 8.72. The molecule has 0 fully saturated rings. The lowest BCUT2D eigenvalue weighted by Gasteiger charge is -2.25. The number of fused-ring (bicyclic) bond motifs is 2. The zero-order valence-electron chi connectivity index (χ0n) is 20.1. The molecule has 6 rings (SSSR count). The lowest BCUT2D eigenvalue weighted by molar-refractivity contribution is -0.116. The number of carbonyl (C=O) groups is 1. The topological polar surface area (TPSA) is 108 Å². The first kappa shape index (κ1) is 22.7. The number of ether oxygens (including phenoxy) is 2. The number of halogens is 1. The monoisotopic (exact) mass is 499 g/mol. The molecule has 5 aromatic rings. The van der Waals surface area contributed by atoms with E-state index >= 15 is 0 Å². The predicted molar refractivity (Wildman–Crippen MR) is 131 cm³/mol. The largest absolute Gasteiger partial charge is 0.493 e. The number of nitrogens with zero attached hydrogens (tertiary/aromatic N) is 6. The second kappa shape index (κ2) is 9.01. The summed E-state index contributed by atoms with van der Waals surface area (Å²) in [4.78, 5) is 12.8. The molecule has 10 nitrogen and oxygen atoms in total. The summed E-state index contributed by atoms with van der Waals surface area (Å²) in [5, 5.41) is 20.0. The number of rotatable bonds is 6. The van der Waals surface area contributed by atoms with Gasteiger partial charge in [0.25, 0.3) is 0 Å². The normalized spacial score (nSPS) is 14.9. The van der Waals surface area contributed by atoms with Gasteiger partial charge in [0.1, 0.15) is 24.6 Å². The molecule has 0 aliphatic carbocycles. The van der Waals surface area contributed by atoms with E-state index in [4.69, 9.17) is 14.6 Å². The average molecular weight is 500 g/mol. The van der Waals surface area contributed by atoms with Gasteiger partial charge < -0.3 is 14.8 Å². The Kier molecular flexibility index (Phi) is 5.52. The van der Waals surface area contributed by atoms with Crippen LogP contribution in [0.5, 0.6) is 11.5 Å².